The van der Waals surface area contributed by atoms with Gasteiger partial charge in [-0.15, -0.1) is 0 Å². The lowest BCUT2D eigenvalue weighted by Gasteiger charge is -2.43. The largest absolute Gasteiger partial charge is 0.497 e. The number of hydrogen-bond acceptors (Lipinski definition) is 4. The maximum atomic E-state index is 11.0. The standard InChI is InChI=1S/C17H25NO3/c1-16(10-4-3-5-11-16)17(19)12-15(18-21-17)13-6-8-14(20-2)9-7-13/h6-9,15,18-19H,3-5,10-12H2,1-2H3. The first-order valence-electron chi connectivity index (χ1n) is 7.86. The highest BCUT2D eigenvalue weighted by atomic mass is 16.8. The number of ether oxygens (including phenoxy) is 1. The highest BCUT2D eigenvalue weighted by molar-refractivity contribution is 5.29. The van der Waals surface area contributed by atoms with E-state index in [1.165, 1.54) is 19.3 Å². The van der Waals surface area contributed by atoms with Crippen LogP contribution in [0.15, 0.2) is 24.3 Å². The first-order chi connectivity index (χ1) is 10.1. The summed E-state index contributed by atoms with van der Waals surface area (Å²) in [5.41, 5.74) is 4.00. The molecule has 1 aromatic rings. The molecule has 3 rings (SSSR count). The molecule has 1 saturated heterocycles. The van der Waals surface area contributed by atoms with Gasteiger partial charge in [0.05, 0.1) is 13.2 Å². The van der Waals surface area contributed by atoms with Gasteiger partial charge < -0.3 is 9.84 Å². The minimum Gasteiger partial charge on any atom is -0.497 e. The van der Waals surface area contributed by atoms with Crippen molar-refractivity contribution in [3.8, 4) is 5.75 Å². The lowest BCUT2D eigenvalue weighted by atomic mass is 9.68. The second-order valence-corrected chi connectivity index (χ2v) is 6.66. The molecule has 1 heterocycles. The van der Waals surface area contributed by atoms with Crippen LogP contribution < -0.4 is 10.2 Å². The fourth-order valence-corrected chi connectivity index (χ4v) is 3.64. The molecular weight excluding hydrogens is 266 g/mol. The monoisotopic (exact) mass is 291 g/mol. The van der Waals surface area contributed by atoms with E-state index in [-0.39, 0.29) is 11.5 Å². The molecule has 2 unspecified atom stereocenters. The number of hydroxylamine groups is 1. The molecule has 2 atom stereocenters. The van der Waals surface area contributed by atoms with Crippen LogP contribution in [-0.4, -0.2) is 18.0 Å². The third-order valence-corrected chi connectivity index (χ3v) is 5.27. The van der Waals surface area contributed by atoms with Gasteiger partial charge in [0.15, 0.2) is 5.79 Å². The third kappa shape index (κ3) is 2.68. The molecular formula is C17H25NO3. The summed E-state index contributed by atoms with van der Waals surface area (Å²) in [7, 11) is 1.66. The van der Waals surface area contributed by atoms with Crippen molar-refractivity contribution in [3.05, 3.63) is 29.8 Å². The summed E-state index contributed by atoms with van der Waals surface area (Å²) in [6.45, 7) is 2.16. The van der Waals surface area contributed by atoms with Crippen molar-refractivity contribution >= 4 is 0 Å². The van der Waals surface area contributed by atoms with Crippen LogP contribution in [0.3, 0.4) is 0 Å². The van der Waals surface area contributed by atoms with Crippen LogP contribution in [0.2, 0.25) is 0 Å². The van der Waals surface area contributed by atoms with Crippen molar-refractivity contribution in [2.24, 2.45) is 5.41 Å². The Balaban J connectivity index is 1.74. The minimum atomic E-state index is -1.07. The van der Waals surface area contributed by atoms with E-state index in [1.54, 1.807) is 7.11 Å². The van der Waals surface area contributed by atoms with E-state index in [0.29, 0.717) is 6.42 Å². The molecule has 4 nitrogen and oxygen atoms in total. The second kappa shape index (κ2) is 5.59. The van der Waals surface area contributed by atoms with Crippen LogP contribution in [0, 0.1) is 5.41 Å². The van der Waals surface area contributed by atoms with Gasteiger partial charge in [0, 0.05) is 11.8 Å². The molecule has 21 heavy (non-hydrogen) atoms. The average molecular weight is 291 g/mol. The quantitative estimate of drug-likeness (QED) is 0.897. The number of hydrogen-bond donors (Lipinski definition) is 2. The Morgan fingerprint density at radius 1 is 1.19 bits per heavy atom. The van der Waals surface area contributed by atoms with Crippen LogP contribution in [0.5, 0.6) is 5.75 Å². The number of nitrogens with one attached hydrogen (secondary N) is 1. The van der Waals surface area contributed by atoms with Gasteiger partial charge in [0.2, 0.25) is 0 Å². The van der Waals surface area contributed by atoms with Gasteiger partial charge in [-0.3, -0.25) is 4.84 Å². The van der Waals surface area contributed by atoms with E-state index in [1.807, 2.05) is 24.3 Å². The zero-order chi connectivity index (χ0) is 14.9. The normalized spacial score (nSPS) is 32.0. The molecule has 2 aliphatic rings. The van der Waals surface area contributed by atoms with Crippen molar-refractivity contribution in [2.75, 3.05) is 7.11 Å². The van der Waals surface area contributed by atoms with Gasteiger partial charge in [-0.25, -0.2) is 0 Å². The van der Waals surface area contributed by atoms with Gasteiger partial charge in [-0.05, 0) is 30.5 Å². The fourth-order valence-electron chi connectivity index (χ4n) is 3.64. The van der Waals surface area contributed by atoms with Gasteiger partial charge >= 0.3 is 0 Å². The average Bonchev–Trinajstić information content (AvgIpc) is 2.92. The first kappa shape index (κ1) is 14.8. The van der Waals surface area contributed by atoms with Crippen molar-refractivity contribution in [3.63, 3.8) is 0 Å². The molecule has 0 radical (unpaired) electrons. The summed E-state index contributed by atoms with van der Waals surface area (Å²) < 4.78 is 5.18. The van der Waals surface area contributed by atoms with Crippen molar-refractivity contribution < 1.29 is 14.7 Å². The molecule has 1 aliphatic heterocycles. The molecule has 1 saturated carbocycles. The number of rotatable bonds is 3. The van der Waals surface area contributed by atoms with Crippen LogP contribution in [0.1, 0.15) is 57.1 Å². The Kier molecular flexibility index (Phi) is 3.95. The van der Waals surface area contributed by atoms with Crippen molar-refractivity contribution in [1.29, 1.82) is 0 Å². The van der Waals surface area contributed by atoms with Gasteiger partial charge in [0.25, 0.3) is 0 Å². The smallest absolute Gasteiger partial charge is 0.192 e. The lowest BCUT2D eigenvalue weighted by molar-refractivity contribution is -0.273. The van der Waals surface area contributed by atoms with Gasteiger partial charge in [-0.2, -0.15) is 5.48 Å². The molecule has 0 spiro atoms. The second-order valence-electron chi connectivity index (χ2n) is 6.66. The van der Waals surface area contributed by atoms with Gasteiger partial charge in [-0.1, -0.05) is 38.3 Å². The SMILES string of the molecule is COc1ccc(C2CC(O)(C3(C)CCCCC3)ON2)cc1. The van der Waals surface area contributed by atoms with E-state index in [4.69, 9.17) is 9.57 Å². The summed E-state index contributed by atoms with van der Waals surface area (Å²) >= 11 is 0. The van der Waals surface area contributed by atoms with Crippen LogP contribution in [0.4, 0.5) is 0 Å². The minimum absolute atomic E-state index is 0.0275. The van der Waals surface area contributed by atoms with Crippen LogP contribution in [-0.2, 0) is 4.84 Å². The number of methoxy groups -OCH3 is 1. The zero-order valence-electron chi connectivity index (χ0n) is 12.9. The Bertz CT molecular complexity index is 481. The predicted octanol–water partition coefficient (Wildman–Crippen LogP) is 3.32. The van der Waals surface area contributed by atoms with E-state index >= 15 is 0 Å². The highest BCUT2D eigenvalue weighted by Gasteiger charge is 2.53. The Hall–Kier alpha value is -1.10. The summed E-state index contributed by atoms with van der Waals surface area (Å²) in [6, 6.07) is 7.96. The summed E-state index contributed by atoms with van der Waals surface area (Å²) in [6.07, 6.45) is 6.27. The van der Waals surface area contributed by atoms with E-state index in [9.17, 15) is 5.11 Å². The molecule has 4 heteroatoms. The Morgan fingerprint density at radius 3 is 2.48 bits per heavy atom. The van der Waals surface area contributed by atoms with E-state index < -0.39 is 5.79 Å². The predicted molar refractivity (Wildman–Crippen MR) is 80.7 cm³/mol. The summed E-state index contributed by atoms with van der Waals surface area (Å²) in [5.74, 6) is -0.231. The van der Waals surface area contributed by atoms with Crippen molar-refractivity contribution in [2.45, 2.75) is 57.3 Å². The number of aliphatic hydroxyl groups is 1. The first-order valence-corrected chi connectivity index (χ1v) is 7.86. The molecule has 0 aromatic heterocycles. The lowest BCUT2D eigenvalue weighted by Crippen LogP contribution is -2.47. The Morgan fingerprint density at radius 2 is 1.86 bits per heavy atom. The molecule has 116 valence electrons. The van der Waals surface area contributed by atoms with Crippen LogP contribution >= 0.6 is 0 Å². The molecule has 0 amide bonds. The third-order valence-electron chi connectivity index (χ3n) is 5.27. The maximum absolute atomic E-state index is 11.0. The number of benzene rings is 1. The highest BCUT2D eigenvalue weighted by Crippen LogP contribution is 2.50. The zero-order valence-corrected chi connectivity index (χ0v) is 12.9. The fraction of sp³-hybridized carbons (Fsp3) is 0.647. The summed E-state index contributed by atoms with van der Waals surface area (Å²) in [4.78, 5) is 5.68. The molecule has 2 N–H and O–H groups in total. The molecule has 0 bridgehead atoms. The molecule has 1 aromatic carbocycles. The van der Waals surface area contributed by atoms with E-state index in [2.05, 4.69) is 12.4 Å². The van der Waals surface area contributed by atoms with Crippen molar-refractivity contribution in [1.82, 2.24) is 5.48 Å². The summed E-state index contributed by atoms with van der Waals surface area (Å²) in [5, 5.41) is 11.0. The van der Waals surface area contributed by atoms with Crippen LogP contribution in [0.25, 0.3) is 0 Å². The Labute approximate surface area is 126 Å². The van der Waals surface area contributed by atoms with E-state index in [0.717, 1.165) is 24.2 Å². The molecule has 1 aliphatic carbocycles. The topological polar surface area (TPSA) is 50.7 Å². The molecule has 2 fully saturated rings. The maximum Gasteiger partial charge on any atom is 0.192 e. The van der Waals surface area contributed by atoms with Gasteiger partial charge in [0.1, 0.15) is 5.75 Å².